The molecule has 1 aliphatic rings. The highest BCUT2D eigenvalue weighted by atomic mass is 16.2. The topological polar surface area (TPSA) is 78.1 Å². The maximum atomic E-state index is 13.6. The number of nitriles is 1. The Bertz CT molecular complexity index is 1370. The molecule has 1 atom stereocenters. The first-order valence-electron chi connectivity index (χ1n) is 10.8. The molecule has 1 N–H and O–H groups in total. The number of hydrogen-bond donors (Lipinski definition) is 1. The first-order chi connectivity index (χ1) is 16.1. The standard InChI is InChI=1S/C27H22N4O2/c28-15-19-10-12-21(13-11-19)17-31-25(26(32)29-16-20-6-2-1-3-7-20)18-30-23-9-5-4-8-22(23)14-24(30)27(31)33/h1-14,25H,16-18H2,(H,29,32)/t25-/m0/s1. The molecule has 0 bridgehead atoms. The van der Waals surface area contributed by atoms with Crippen LogP contribution in [0.2, 0.25) is 0 Å². The zero-order chi connectivity index (χ0) is 22.8. The lowest BCUT2D eigenvalue weighted by Gasteiger charge is -2.36. The summed E-state index contributed by atoms with van der Waals surface area (Å²) in [5.41, 5.74) is 3.95. The lowest BCUT2D eigenvalue weighted by Crippen LogP contribution is -2.54. The number of fused-ring (bicyclic) bond motifs is 3. The third-order valence-corrected chi connectivity index (χ3v) is 6.07. The second kappa shape index (κ2) is 8.64. The molecule has 0 spiro atoms. The summed E-state index contributed by atoms with van der Waals surface area (Å²) in [6.07, 6.45) is 0. The Morgan fingerprint density at radius 1 is 0.970 bits per heavy atom. The Hall–Kier alpha value is -4.37. The van der Waals surface area contributed by atoms with Gasteiger partial charge in [-0.3, -0.25) is 9.59 Å². The second-order valence-corrected chi connectivity index (χ2v) is 8.16. The molecular weight excluding hydrogens is 412 g/mol. The summed E-state index contributed by atoms with van der Waals surface area (Å²) in [7, 11) is 0. The lowest BCUT2D eigenvalue weighted by molar-refractivity contribution is -0.126. The summed E-state index contributed by atoms with van der Waals surface area (Å²) in [6, 6.07) is 28.0. The maximum absolute atomic E-state index is 13.6. The number of nitrogens with one attached hydrogen (secondary N) is 1. The van der Waals surface area contributed by atoms with E-state index in [-0.39, 0.29) is 18.4 Å². The van der Waals surface area contributed by atoms with Gasteiger partial charge in [0, 0.05) is 24.0 Å². The number of rotatable bonds is 5. The highest BCUT2D eigenvalue weighted by Crippen LogP contribution is 2.28. The van der Waals surface area contributed by atoms with Crippen molar-refractivity contribution in [3.63, 3.8) is 0 Å². The zero-order valence-electron chi connectivity index (χ0n) is 17.9. The van der Waals surface area contributed by atoms with E-state index in [1.54, 1.807) is 17.0 Å². The molecule has 162 valence electrons. The van der Waals surface area contributed by atoms with Crippen molar-refractivity contribution in [3.8, 4) is 6.07 Å². The summed E-state index contributed by atoms with van der Waals surface area (Å²) in [6.45, 7) is 1.06. The fourth-order valence-corrected chi connectivity index (χ4v) is 4.34. The average Bonchev–Trinajstić information content (AvgIpc) is 3.24. The molecule has 0 saturated carbocycles. The van der Waals surface area contributed by atoms with Crippen LogP contribution in [0.4, 0.5) is 0 Å². The van der Waals surface area contributed by atoms with Crippen molar-refractivity contribution >= 4 is 22.7 Å². The van der Waals surface area contributed by atoms with Crippen molar-refractivity contribution in [2.75, 3.05) is 0 Å². The highest BCUT2D eigenvalue weighted by molar-refractivity contribution is 6.02. The van der Waals surface area contributed by atoms with Crippen LogP contribution in [-0.4, -0.2) is 27.3 Å². The average molecular weight is 434 g/mol. The lowest BCUT2D eigenvalue weighted by atomic mass is 10.1. The van der Waals surface area contributed by atoms with Gasteiger partial charge >= 0.3 is 0 Å². The second-order valence-electron chi connectivity index (χ2n) is 8.16. The summed E-state index contributed by atoms with van der Waals surface area (Å²) < 4.78 is 1.94. The minimum absolute atomic E-state index is 0.179. The normalized spacial score (nSPS) is 15.2. The Morgan fingerprint density at radius 3 is 2.45 bits per heavy atom. The largest absolute Gasteiger partial charge is 0.350 e. The first kappa shape index (κ1) is 20.5. The van der Waals surface area contributed by atoms with E-state index in [9.17, 15) is 9.59 Å². The van der Waals surface area contributed by atoms with Gasteiger partial charge in [0.2, 0.25) is 5.91 Å². The molecule has 1 aliphatic heterocycles. The molecule has 6 nitrogen and oxygen atoms in total. The number of hydrogen-bond acceptors (Lipinski definition) is 3. The van der Waals surface area contributed by atoms with E-state index < -0.39 is 6.04 Å². The van der Waals surface area contributed by atoms with Crippen molar-refractivity contribution in [2.24, 2.45) is 0 Å². The van der Waals surface area contributed by atoms with Crippen LogP contribution in [0.5, 0.6) is 0 Å². The molecule has 0 unspecified atom stereocenters. The summed E-state index contributed by atoms with van der Waals surface area (Å²) >= 11 is 0. The van der Waals surface area contributed by atoms with Crippen LogP contribution in [0.15, 0.2) is 84.9 Å². The first-order valence-corrected chi connectivity index (χ1v) is 10.8. The highest BCUT2D eigenvalue weighted by Gasteiger charge is 2.37. The molecule has 1 aromatic heterocycles. The van der Waals surface area contributed by atoms with Crippen LogP contribution in [0.25, 0.3) is 10.9 Å². The molecular formula is C27H22N4O2. The predicted octanol–water partition coefficient (Wildman–Crippen LogP) is 3.85. The molecule has 0 saturated heterocycles. The number of carbonyl (C=O) groups is 2. The van der Waals surface area contributed by atoms with Gasteiger partial charge in [-0.05, 0) is 35.4 Å². The summed E-state index contributed by atoms with van der Waals surface area (Å²) in [5, 5.41) is 13.0. The third kappa shape index (κ3) is 3.97. The molecule has 2 heterocycles. The van der Waals surface area contributed by atoms with Crippen molar-refractivity contribution in [1.29, 1.82) is 5.26 Å². The van der Waals surface area contributed by atoms with Gasteiger partial charge in [0.25, 0.3) is 5.91 Å². The number of carbonyl (C=O) groups excluding carboxylic acids is 2. The van der Waals surface area contributed by atoms with E-state index in [1.807, 2.05) is 77.4 Å². The van der Waals surface area contributed by atoms with Crippen molar-refractivity contribution < 1.29 is 9.59 Å². The van der Waals surface area contributed by atoms with E-state index in [0.717, 1.165) is 22.0 Å². The number of nitrogens with zero attached hydrogens (tertiary/aromatic N) is 3. The van der Waals surface area contributed by atoms with Crippen molar-refractivity contribution in [1.82, 2.24) is 14.8 Å². The minimum Gasteiger partial charge on any atom is -0.350 e. The fourth-order valence-electron chi connectivity index (χ4n) is 4.34. The monoisotopic (exact) mass is 434 g/mol. The van der Waals surface area contributed by atoms with Crippen LogP contribution >= 0.6 is 0 Å². The summed E-state index contributed by atoms with van der Waals surface area (Å²) in [5.74, 6) is -0.369. The van der Waals surface area contributed by atoms with Gasteiger partial charge in [-0.15, -0.1) is 0 Å². The minimum atomic E-state index is -0.653. The van der Waals surface area contributed by atoms with Crippen LogP contribution in [0, 0.1) is 11.3 Å². The van der Waals surface area contributed by atoms with E-state index in [1.165, 1.54) is 0 Å². The molecule has 2 amide bonds. The van der Waals surface area contributed by atoms with Crippen molar-refractivity contribution in [2.45, 2.75) is 25.7 Å². The van der Waals surface area contributed by atoms with Crippen molar-refractivity contribution in [3.05, 3.63) is 107 Å². The van der Waals surface area contributed by atoms with Crippen LogP contribution in [0.1, 0.15) is 27.2 Å². The number of aromatic nitrogens is 1. The number of benzene rings is 3. The van der Waals surface area contributed by atoms with Gasteiger partial charge in [0.1, 0.15) is 11.7 Å². The van der Waals surface area contributed by atoms with E-state index in [2.05, 4.69) is 11.4 Å². The molecule has 0 aliphatic carbocycles. The van der Waals surface area contributed by atoms with Gasteiger partial charge in [0.05, 0.1) is 18.2 Å². The molecule has 33 heavy (non-hydrogen) atoms. The van der Waals surface area contributed by atoms with Gasteiger partial charge in [-0.25, -0.2) is 0 Å². The van der Waals surface area contributed by atoms with Crippen LogP contribution in [-0.2, 0) is 24.4 Å². The number of amides is 2. The molecule has 3 aromatic carbocycles. The molecule has 4 aromatic rings. The Morgan fingerprint density at radius 2 is 1.70 bits per heavy atom. The molecule has 0 radical (unpaired) electrons. The Kier molecular flexibility index (Phi) is 5.37. The van der Waals surface area contributed by atoms with Gasteiger partial charge < -0.3 is 14.8 Å². The smallest absolute Gasteiger partial charge is 0.271 e. The van der Waals surface area contributed by atoms with Crippen LogP contribution < -0.4 is 5.32 Å². The zero-order valence-corrected chi connectivity index (χ0v) is 17.9. The Labute approximate surface area is 191 Å². The predicted molar refractivity (Wildman–Crippen MR) is 125 cm³/mol. The summed E-state index contributed by atoms with van der Waals surface area (Å²) in [4.78, 5) is 28.5. The Balaban J connectivity index is 1.47. The SMILES string of the molecule is N#Cc1ccc(CN2C(=O)c3cc4ccccc4n3C[C@H]2C(=O)NCc2ccccc2)cc1. The molecule has 6 heteroatoms. The van der Waals surface area contributed by atoms with E-state index in [0.29, 0.717) is 24.3 Å². The molecule has 5 rings (SSSR count). The maximum Gasteiger partial charge on any atom is 0.271 e. The third-order valence-electron chi connectivity index (χ3n) is 6.07. The van der Waals surface area contributed by atoms with E-state index >= 15 is 0 Å². The fraction of sp³-hybridized carbons (Fsp3) is 0.148. The van der Waals surface area contributed by atoms with E-state index in [4.69, 9.17) is 5.26 Å². The number of para-hydroxylation sites is 1. The van der Waals surface area contributed by atoms with Gasteiger partial charge in [-0.2, -0.15) is 5.26 Å². The quantitative estimate of drug-likeness (QED) is 0.518. The molecule has 0 fully saturated rings. The van der Waals surface area contributed by atoms with Crippen LogP contribution in [0.3, 0.4) is 0 Å². The van der Waals surface area contributed by atoms with Gasteiger partial charge in [0.15, 0.2) is 0 Å². The van der Waals surface area contributed by atoms with Gasteiger partial charge in [-0.1, -0.05) is 60.7 Å².